The first kappa shape index (κ1) is 19.1. The topological polar surface area (TPSA) is 108 Å². The van der Waals surface area contributed by atoms with Gasteiger partial charge in [-0.3, -0.25) is 9.29 Å². The summed E-state index contributed by atoms with van der Waals surface area (Å²) < 4.78 is 66.3. The van der Waals surface area contributed by atoms with E-state index in [1.165, 1.54) is 16.6 Å². The summed E-state index contributed by atoms with van der Waals surface area (Å²) >= 11 is 0. The molecule has 0 saturated carbocycles. The molecule has 2 aromatic heterocycles. The van der Waals surface area contributed by atoms with Gasteiger partial charge >= 0.3 is 6.43 Å². The molecule has 3 aromatic rings. The van der Waals surface area contributed by atoms with Gasteiger partial charge in [0.15, 0.2) is 11.5 Å². The van der Waals surface area contributed by atoms with Gasteiger partial charge in [0, 0.05) is 12.3 Å². The number of hydrogen-bond donors (Lipinski definition) is 0. The number of benzene rings is 1. The van der Waals surface area contributed by atoms with Crippen molar-refractivity contribution in [3.05, 3.63) is 48.1 Å². The van der Waals surface area contributed by atoms with Crippen molar-refractivity contribution in [1.82, 2.24) is 15.2 Å². The van der Waals surface area contributed by atoms with Crippen molar-refractivity contribution in [2.75, 3.05) is 17.4 Å². The standard InChI is InChI=1S/C17H14F2N4O5S/c1-29(24,25)23(12-4-5-13-14(6-12)27-9-26-13)8-11-3-2-10(7-20-11)16-21-22-17(28-16)15(18)19/h2-7,15H,8-9H2,1H3. The molecule has 12 heteroatoms. The van der Waals surface area contributed by atoms with Crippen LogP contribution in [0.1, 0.15) is 18.0 Å². The van der Waals surface area contributed by atoms with Gasteiger partial charge in [-0.2, -0.15) is 8.78 Å². The van der Waals surface area contributed by atoms with Crippen molar-refractivity contribution in [2.45, 2.75) is 13.0 Å². The van der Waals surface area contributed by atoms with E-state index in [0.29, 0.717) is 28.4 Å². The molecule has 0 fully saturated rings. The van der Waals surface area contributed by atoms with E-state index in [-0.39, 0.29) is 19.2 Å². The van der Waals surface area contributed by atoms with Gasteiger partial charge in [-0.1, -0.05) is 0 Å². The van der Waals surface area contributed by atoms with E-state index in [0.717, 1.165) is 6.26 Å². The van der Waals surface area contributed by atoms with Crippen molar-refractivity contribution in [3.63, 3.8) is 0 Å². The van der Waals surface area contributed by atoms with Gasteiger partial charge in [0.05, 0.1) is 29.7 Å². The van der Waals surface area contributed by atoms with Crippen LogP contribution in [0.5, 0.6) is 11.5 Å². The number of halogens is 2. The van der Waals surface area contributed by atoms with Gasteiger partial charge < -0.3 is 13.9 Å². The van der Waals surface area contributed by atoms with Crippen LogP contribution >= 0.6 is 0 Å². The van der Waals surface area contributed by atoms with Crippen LogP contribution in [0.15, 0.2) is 40.9 Å². The summed E-state index contributed by atoms with van der Waals surface area (Å²) in [5.41, 5.74) is 1.15. The number of aromatic nitrogens is 3. The Morgan fingerprint density at radius 1 is 1.14 bits per heavy atom. The minimum atomic E-state index is -3.63. The second-order valence-corrected chi connectivity index (χ2v) is 8.00. The maximum absolute atomic E-state index is 12.6. The maximum Gasteiger partial charge on any atom is 0.314 e. The Labute approximate surface area is 164 Å². The summed E-state index contributed by atoms with van der Waals surface area (Å²) in [4.78, 5) is 4.18. The molecule has 4 rings (SSSR count). The lowest BCUT2D eigenvalue weighted by Gasteiger charge is -2.22. The van der Waals surface area contributed by atoms with Crippen molar-refractivity contribution in [3.8, 4) is 23.0 Å². The largest absolute Gasteiger partial charge is 0.454 e. The third-order valence-corrected chi connectivity index (χ3v) is 5.19. The Kier molecular flexibility index (Phi) is 4.78. The number of pyridine rings is 1. The van der Waals surface area contributed by atoms with Crippen molar-refractivity contribution in [1.29, 1.82) is 0 Å². The smallest absolute Gasteiger partial charge is 0.314 e. The second-order valence-electron chi connectivity index (χ2n) is 6.09. The lowest BCUT2D eigenvalue weighted by molar-refractivity contribution is 0.116. The monoisotopic (exact) mass is 424 g/mol. The van der Waals surface area contributed by atoms with E-state index < -0.39 is 22.3 Å². The first-order valence-electron chi connectivity index (χ1n) is 8.25. The van der Waals surface area contributed by atoms with Crippen molar-refractivity contribution < 1.29 is 31.1 Å². The van der Waals surface area contributed by atoms with Crippen LogP contribution in [-0.4, -0.2) is 36.6 Å². The van der Waals surface area contributed by atoms with Gasteiger partial charge in [-0.05, 0) is 24.3 Å². The van der Waals surface area contributed by atoms with E-state index in [1.807, 2.05) is 0 Å². The highest BCUT2D eigenvalue weighted by molar-refractivity contribution is 7.92. The highest BCUT2D eigenvalue weighted by atomic mass is 32.2. The molecular weight excluding hydrogens is 410 g/mol. The number of ether oxygens (including phenoxy) is 2. The minimum absolute atomic E-state index is 0.0507. The van der Waals surface area contributed by atoms with E-state index in [2.05, 4.69) is 15.2 Å². The molecule has 0 aliphatic carbocycles. The average Bonchev–Trinajstić information content (AvgIpc) is 3.34. The zero-order valence-electron chi connectivity index (χ0n) is 14.9. The average molecular weight is 424 g/mol. The molecule has 3 heterocycles. The molecule has 0 atom stereocenters. The molecule has 0 saturated heterocycles. The normalized spacial score (nSPS) is 13.1. The fraction of sp³-hybridized carbons (Fsp3) is 0.235. The zero-order chi connectivity index (χ0) is 20.6. The molecule has 1 aliphatic rings. The summed E-state index contributed by atoms with van der Waals surface area (Å²) in [5.74, 6) is 0.100. The van der Waals surface area contributed by atoms with E-state index >= 15 is 0 Å². The molecule has 0 N–H and O–H groups in total. The summed E-state index contributed by atoms with van der Waals surface area (Å²) in [6, 6.07) is 7.88. The predicted molar refractivity (Wildman–Crippen MR) is 96.1 cm³/mol. The zero-order valence-corrected chi connectivity index (χ0v) is 15.8. The van der Waals surface area contributed by atoms with E-state index in [4.69, 9.17) is 13.9 Å². The van der Waals surface area contributed by atoms with Crippen LogP contribution in [0.4, 0.5) is 14.5 Å². The predicted octanol–water partition coefficient (Wildman–Crippen LogP) is 2.76. The Morgan fingerprint density at radius 2 is 1.93 bits per heavy atom. The highest BCUT2D eigenvalue weighted by Gasteiger charge is 2.23. The fourth-order valence-electron chi connectivity index (χ4n) is 2.67. The molecular formula is C17H14F2N4O5S. The molecule has 0 amide bonds. The van der Waals surface area contributed by atoms with E-state index in [1.54, 1.807) is 24.3 Å². The molecule has 0 unspecified atom stereocenters. The second kappa shape index (κ2) is 7.28. The minimum Gasteiger partial charge on any atom is -0.454 e. The number of anilines is 1. The number of hydrogen-bond acceptors (Lipinski definition) is 8. The Hall–Kier alpha value is -3.28. The van der Waals surface area contributed by atoms with Crippen LogP contribution < -0.4 is 13.8 Å². The first-order valence-corrected chi connectivity index (χ1v) is 10.1. The summed E-state index contributed by atoms with van der Waals surface area (Å²) in [6.07, 6.45) is -0.442. The molecule has 0 bridgehead atoms. The number of rotatable bonds is 6. The van der Waals surface area contributed by atoms with Gasteiger partial charge in [0.25, 0.3) is 5.89 Å². The molecule has 1 aliphatic heterocycles. The summed E-state index contributed by atoms with van der Waals surface area (Å²) in [6.45, 7) is 0.0223. The Balaban J connectivity index is 1.58. The quantitative estimate of drug-likeness (QED) is 0.595. The maximum atomic E-state index is 12.6. The lowest BCUT2D eigenvalue weighted by atomic mass is 10.2. The number of alkyl halides is 2. The van der Waals surface area contributed by atoms with E-state index in [9.17, 15) is 17.2 Å². The van der Waals surface area contributed by atoms with Crippen LogP contribution in [-0.2, 0) is 16.6 Å². The van der Waals surface area contributed by atoms with Crippen LogP contribution in [0, 0.1) is 0 Å². The molecule has 0 spiro atoms. The van der Waals surface area contributed by atoms with Gasteiger partial charge in [0.1, 0.15) is 0 Å². The van der Waals surface area contributed by atoms with Crippen LogP contribution in [0.2, 0.25) is 0 Å². The van der Waals surface area contributed by atoms with Crippen molar-refractivity contribution in [2.24, 2.45) is 0 Å². The Morgan fingerprint density at radius 3 is 2.59 bits per heavy atom. The molecule has 29 heavy (non-hydrogen) atoms. The number of nitrogens with zero attached hydrogens (tertiary/aromatic N) is 4. The summed E-state index contributed by atoms with van der Waals surface area (Å²) in [7, 11) is -3.63. The number of sulfonamides is 1. The third-order valence-electron chi connectivity index (χ3n) is 4.05. The highest BCUT2D eigenvalue weighted by Crippen LogP contribution is 2.36. The lowest BCUT2D eigenvalue weighted by Crippen LogP contribution is -2.29. The third kappa shape index (κ3) is 3.97. The Bertz CT molecular complexity index is 1130. The van der Waals surface area contributed by atoms with Crippen LogP contribution in [0.25, 0.3) is 11.5 Å². The van der Waals surface area contributed by atoms with Gasteiger partial charge in [0.2, 0.25) is 22.7 Å². The van der Waals surface area contributed by atoms with Crippen molar-refractivity contribution >= 4 is 15.7 Å². The number of fused-ring (bicyclic) bond motifs is 1. The SMILES string of the molecule is CS(=O)(=O)N(Cc1ccc(-c2nnc(C(F)F)o2)cn1)c1ccc2c(c1)OCO2. The summed E-state index contributed by atoms with van der Waals surface area (Å²) in [5, 5.41) is 6.81. The molecule has 1 aromatic carbocycles. The van der Waals surface area contributed by atoms with Crippen LogP contribution in [0.3, 0.4) is 0 Å². The molecule has 152 valence electrons. The molecule has 9 nitrogen and oxygen atoms in total. The van der Waals surface area contributed by atoms with Gasteiger partial charge in [-0.15, -0.1) is 10.2 Å². The fourth-order valence-corrected chi connectivity index (χ4v) is 3.53. The first-order chi connectivity index (χ1) is 13.8. The van der Waals surface area contributed by atoms with Gasteiger partial charge in [-0.25, -0.2) is 8.42 Å². The molecule has 0 radical (unpaired) electrons.